The Morgan fingerprint density at radius 3 is 2.81 bits per heavy atom. The highest BCUT2D eigenvalue weighted by Crippen LogP contribution is 2.21. The molecule has 0 aromatic heterocycles. The number of rotatable bonds is 4. The number of benzene rings is 1. The highest BCUT2D eigenvalue weighted by atomic mass is 32.2. The van der Waals surface area contributed by atoms with Crippen molar-refractivity contribution < 1.29 is 17.9 Å². The molecular weight excluding hydrogens is 295 g/mol. The second-order valence-electron chi connectivity index (χ2n) is 5.68. The molecule has 0 spiro atoms. The smallest absolute Gasteiger partial charge is 0.243 e. The summed E-state index contributed by atoms with van der Waals surface area (Å²) in [5.74, 6) is -0.650. The van der Waals surface area contributed by atoms with Crippen LogP contribution in [0, 0.1) is 11.7 Å². The van der Waals surface area contributed by atoms with Gasteiger partial charge < -0.3 is 10.0 Å². The van der Waals surface area contributed by atoms with Crippen LogP contribution in [0.25, 0.3) is 0 Å². The molecule has 1 aliphatic rings. The van der Waals surface area contributed by atoms with Crippen LogP contribution in [-0.4, -0.2) is 44.6 Å². The SMILES string of the molecule is CC1CN(C)CCC1NS(=O)(=O)c1cc(CO)ccc1F. The number of sulfonamides is 1. The largest absolute Gasteiger partial charge is 0.392 e. The third kappa shape index (κ3) is 3.79. The van der Waals surface area contributed by atoms with Crippen molar-refractivity contribution >= 4 is 10.0 Å². The zero-order valence-corrected chi connectivity index (χ0v) is 13.0. The van der Waals surface area contributed by atoms with Crippen molar-refractivity contribution in [3.05, 3.63) is 29.6 Å². The molecule has 1 aliphatic heterocycles. The van der Waals surface area contributed by atoms with Crippen LogP contribution in [0.4, 0.5) is 4.39 Å². The molecule has 0 aliphatic carbocycles. The van der Waals surface area contributed by atoms with Gasteiger partial charge in [0.25, 0.3) is 0 Å². The minimum Gasteiger partial charge on any atom is -0.392 e. The average molecular weight is 316 g/mol. The van der Waals surface area contributed by atoms with Crippen molar-refractivity contribution in [1.82, 2.24) is 9.62 Å². The van der Waals surface area contributed by atoms with Crippen LogP contribution in [0.2, 0.25) is 0 Å². The van der Waals surface area contributed by atoms with E-state index in [9.17, 15) is 12.8 Å². The normalized spacial score (nSPS) is 24.2. The Bertz CT molecular complexity index is 606. The van der Waals surface area contributed by atoms with Gasteiger partial charge in [-0.15, -0.1) is 0 Å². The zero-order chi connectivity index (χ0) is 15.6. The van der Waals surface area contributed by atoms with Crippen LogP contribution in [0.3, 0.4) is 0 Å². The first-order chi connectivity index (χ1) is 9.83. The third-order valence-electron chi connectivity index (χ3n) is 3.88. The monoisotopic (exact) mass is 316 g/mol. The molecule has 1 fully saturated rings. The summed E-state index contributed by atoms with van der Waals surface area (Å²) in [4.78, 5) is 1.74. The maximum Gasteiger partial charge on any atom is 0.243 e. The van der Waals surface area contributed by atoms with E-state index in [2.05, 4.69) is 9.62 Å². The van der Waals surface area contributed by atoms with Crippen molar-refractivity contribution in [2.75, 3.05) is 20.1 Å². The van der Waals surface area contributed by atoms with Gasteiger partial charge in [0, 0.05) is 12.6 Å². The number of nitrogens with one attached hydrogen (secondary N) is 1. The number of piperidine rings is 1. The van der Waals surface area contributed by atoms with E-state index in [1.54, 1.807) is 0 Å². The lowest BCUT2D eigenvalue weighted by Crippen LogP contribution is -2.48. The standard InChI is InChI=1S/C14H21FN2O3S/c1-10-8-17(2)6-5-13(10)16-21(19,20)14-7-11(9-18)3-4-12(14)15/h3-4,7,10,13,16,18H,5-6,8-9H2,1-2H3. The summed E-state index contributed by atoms with van der Waals surface area (Å²) in [6.07, 6.45) is 0.693. The molecule has 5 nitrogen and oxygen atoms in total. The zero-order valence-electron chi connectivity index (χ0n) is 12.2. The summed E-state index contributed by atoms with van der Waals surface area (Å²) >= 11 is 0. The second-order valence-corrected chi connectivity index (χ2v) is 7.36. The lowest BCUT2D eigenvalue weighted by molar-refractivity contribution is 0.188. The molecule has 0 amide bonds. The third-order valence-corrected chi connectivity index (χ3v) is 5.39. The highest BCUT2D eigenvalue weighted by molar-refractivity contribution is 7.89. The lowest BCUT2D eigenvalue weighted by Gasteiger charge is -2.34. The molecule has 0 bridgehead atoms. The number of aliphatic hydroxyl groups excluding tert-OH is 1. The number of nitrogens with zero attached hydrogens (tertiary/aromatic N) is 1. The van der Waals surface area contributed by atoms with Crippen molar-refractivity contribution in [2.45, 2.75) is 30.9 Å². The fourth-order valence-electron chi connectivity index (χ4n) is 2.64. The van der Waals surface area contributed by atoms with Gasteiger partial charge in [0.05, 0.1) is 6.61 Å². The van der Waals surface area contributed by atoms with Gasteiger partial charge >= 0.3 is 0 Å². The van der Waals surface area contributed by atoms with Crippen LogP contribution < -0.4 is 4.72 Å². The quantitative estimate of drug-likeness (QED) is 0.867. The second kappa shape index (κ2) is 6.39. The van der Waals surface area contributed by atoms with Crippen LogP contribution in [0.1, 0.15) is 18.9 Å². The Morgan fingerprint density at radius 2 is 2.19 bits per heavy atom. The van der Waals surface area contributed by atoms with Crippen molar-refractivity contribution in [1.29, 1.82) is 0 Å². The Balaban J connectivity index is 2.22. The molecule has 21 heavy (non-hydrogen) atoms. The molecule has 2 rings (SSSR count). The van der Waals surface area contributed by atoms with E-state index >= 15 is 0 Å². The Hall–Kier alpha value is -1.02. The highest BCUT2D eigenvalue weighted by Gasteiger charge is 2.30. The molecule has 118 valence electrons. The van der Waals surface area contributed by atoms with Crippen LogP contribution in [0.5, 0.6) is 0 Å². The van der Waals surface area contributed by atoms with E-state index in [1.807, 2.05) is 14.0 Å². The molecule has 2 atom stereocenters. The molecule has 1 heterocycles. The van der Waals surface area contributed by atoms with Crippen molar-refractivity contribution in [2.24, 2.45) is 5.92 Å². The van der Waals surface area contributed by atoms with Crippen LogP contribution in [0.15, 0.2) is 23.1 Å². The van der Waals surface area contributed by atoms with E-state index in [1.165, 1.54) is 12.1 Å². The fraction of sp³-hybridized carbons (Fsp3) is 0.571. The Labute approximate surface area is 124 Å². The first-order valence-corrected chi connectivity index (χ1v) is 8.42. The maximum atomic E-state index is 13.8. The minimum absolute atomic E-state index is 0.155. The summed E-state index contributed by atoms with van der Waals surface area (Å²) in [6.45, 7) is 3.25. The van der Waals surface area contributed by atoms with E-state index in [0.717, 1.165) is 19.2 Å². The summed E-state index contributed by atoms with van der Waals surface area (Å²) in [5, 5.41) is 9.07. The lowest BCUT2D eigenvalue weighted by atomic mass is 9.95. The summed E-state index contributed by atoms with van der Waals surface area (Å²) < 4.78 is 41.1. The first kappa shape index (κ1) is 16.4. The van der Waals surface area contributed by atoms with Gasteiger partial charge in [0.2, 0.25) is 10.0 Å². The molecule has 1 aromatic rings. The number of halogens is 1. The number of aliphatic hydroxyl groups is 1. The Morgan fingerprint density at radius 1 is 1.48 bits per heavy atom. The predicted octanol–water partition coefficient (Wildman–Crippen LogP) is 0.936. The van der Waals surface area contributed by atoms with E-state index < -0.39 is 20.7 Å². The van der Waals surface area contributed by atoms with Gasteiger partial charge in [-0.1, -0.05) is 13.0 Å². The first-order valence-electron chi connectivity index (χ1n) is 6.93. The van der Waals surface area contributed by atoms with E-state index in [0.29, 0.717) is 12.0 Å². The molecule has 2 N–H and O–H groups in total. The van der Waals surface area contributed by atoms with Gasteiger partial charge in [-0.05, 0) is 43.6 Å². The van der Waals surface area contributed by atoms with Gasteiger partial charge in [-0.2, -0.15) is 0 Å². The van der Waals surface area contributed by atoms with Crippen LogP contribution in [-0.2, 0) is 16.6 Å². The number of likely N-dealkylation sites (tertiary alicyclic amines) is 1. The Kier molecular flexibility index (Phi) is 4.98. The minimum atomic E-state index is -3.93. The number of hydrogen-bond donors (Lipinski definition) is 2. The van der Waals surface area contributed by atoms with Gasteiger partial charge in [0.15, 0.2) is 0 Å². The van der Waals surface area contributed by atoms with Crippen LogP contribution >= 0.6 is 0 Å². The average Bonchev–Trinajstić information content (AvgIpc) is 2.42. The topological polar surface area (TPSA) is 69.6 Å². The molecule has 1 aromatic carbocycles. The predicted molar refractivity (Wildman–Crippen MR) is 77.7 cm³/mol. The summed E-state index contributed by atoms with van der Waals surface area (Å²) in [7, 11) is -1.94. The molecule has 1 saturated heterocycles. The maximum absolute atomic E-state index is 13.8. The van der Waals surface area contributed by atoms with Crippen molar-refractivity contribution in [3.63, 3.8) is 0 Å². The molecule has 7 heteroatoms. The van der Waals surface area contributed by atoms with E-state index in [-0.39, 0.29) is 18.6 Å². The summed E-state index contributed by atoms with van der Waals surface area (Å²) in [5.41, 5.74) is 0.369. The molecule has 0 saturated carbocycles. The van der Waals surface area contributed by atoms with Crippen molar-refractivity contribution in [3.8, 4) is 0 Å². The summed E-state index contributed by atoms with van der Waals surface area (Å²) in [6, 6.07) is 3.41. The number of hydrogen-bond acceptors (Lipinski definition) is 4. The van der Waals surface area contributed by atoms with Gasteiger partial charge in [-0.25, -0.2) is 17.5 Å². The molecule has 0 radical (unpaired) electrons. The van der Waals surface area contributed by atoms with Gasteiger partial charge in [0.1, 0.15) is 10.7 Å². The fourth-order valence-corrected chi connectivity index (χ4v) is 4.15. The van der Waals surface area contributed by atoms with E-state index in [4.69, 9.17) is 5.11 Å². The molecular formula is C14H21FN2O3S. The van der Waals surface area contributed by atoms with Gasteiger partial charge in [-0.3, -0.25) is 0 Å². The molecule has 2 unspecified atom stereocenters.